The molecular weight excluding hydrogens is 369 g/mol. The molecule has 0 bridgehead atoms. The molecule has 0 fully saturated rings. The zero-order chi connectivity index (χ0) is 19.4. The Morgan fingerprint density at radius 3 is 2.85 bits per heavy atom. The first kappa shape index (κ1) is 18.9. The van der Waals surface area contributed by atoms with Crippen LogP contribution in [0.2, 0.25) is 5.02 Å². The minimum Gasteiger partial charge on any atom is -0.482 e. The number of nitrogens with one attached hydrogen (secondary N) is 1. The molecule has 0 saturated heterocycles. The van der Waals surface area contributed by atoms with Crippen LogP contribution in [-0.2, 0) is 11.8 Å². The van der Waals surface area contributed by atoms with Crippen molar-refractivity contribution in [1.29, 1.82) is 0 Å². The number of hydrogen-bond donors (Lipinski definition) is 1. The van der Waals surface area contributed by atoms with Gasteiger partial charge < -0.3 is 14.6 Å². The lowest BCUT2D eigenvalue weighted by Gasteiger charge is -2.19. The number of hydrogen-bond acceptors (Lipinski definition) is 3. The van der Waals surface area contributed by atoms with Crippen LogP contribution < -0.4 is 10.1 Å². The summed E-state index contributed by atoms with van der Waals surface area (Å²) in [6.07, 6.45) is 3.38. The Labute approximate surface area is 161 Å². The Balaban J connectivity index is 1.77. The van der Waals surface area contributed by atoms with Crippen molar-refractivity contribution in [2.75, 3.05) is 6.61 Å². The van der Waals surface area contributed by atoms with Gasteiger partial charge in [0.25, 0.3) is 5.91 Å². The van der Waals surface area contributed by atoms with Crippen LogP contribution >= 0.6 is 11.6 Å². The summed E-state index contributed by atoms with van der Waals surface area (Å²) in [5, 5.41) is 3.28. The normalized spacial score (nSPS) is 11.9. The van der Waals surface area contributed by atoms with Gasteiger partial charge in [0.05, 0.1) is 5.02 Å². The van der Waals surface area contributed by atoms with Gasteiger partial charge in [0.1, 0.15) is 23.4 Å². The van der Waals surface area contributed by atoms with Crippen LogP contribution in [0.25, 0.3) is 0 Å². The molecule has 0 aliphatic rings. The van der Waals surface area contributed by atoms with E-state index in [1.54, 1.807) is 41.2 Å². The average molecular weight is 388 g/mol. The van der Waals surface area contributed by atoms with Crippen molar-refractivity contribution >= 4 is 17.5 Å². The summed E-state index contributed by atoms with van der Waals surface area (Å²) in [5.74, 6) is 0.266. The SMILES string of the molecule is Cc1ccc(Cl)c(OCC(=O)N[C@@H](c2cccc(F)c2)c2nccn2C)c1. The maximum Gasteiger partial charge on any atom is 0.258 e. The lowest BCUT2D eigenvalue weighted by Crippen LogP contribution is -2.34. The highest BCUT2D eigenvalue weighted by Gasteiger charge is 2.21. The van der Waals surface area contributed by atoms with E-state index in [4.69, 9.17) is 16.3 Å². The van der Waals surface area contributed by atoms with Gasteiger partial charge in [-0.25, -0.2) is 9.37 Å². The van der Waals surface area contributed by atoms with E-state index in [-0.39, 0.29) is 18.3 Å². The van der Waals surface area contributed by atoms with E-state index in [0.717, 1.165) is 5.56 Å². The summed E-state index contributed by atoms with van der Waals surface area (Å²) < 4.78 is 21.0. The second-order valence-corrected chi connectivity index (χ2v) is 6.58. The molecule has 1 atom stereocenters. The van der Waals surface area contributed by atoms with Crippen LogP contribution in [0, 0.1) is 12.7 Å². The van der Waals surface area contributed by atoms with E-state index in [9.17, 15) is 9.18 Å². The first-order valence-electron chi connectivity index (χ1n) is 8.35. The minimum atomic E-state index is -0.607. The molecule has 0 radical (unpaired) electrons. The number of imidazole rings is 1. The molecule has 1 aromatic heterocycles. The van der Waals surface area contributed by atoms with E-state index in [2.05, 4.69) is 10.3 Å². The molecule has 0 aliphatic carbocycles. The molecule has 0 unspecified atom stereocenters. The summed E-state index contributed by atoms with van der Waals surface area (Å²) in [5.41, 5.74) is 1.56. The summed E-state index contributed by atoms with van der Waals surface area (Å²) >= 11 is 6.09. The molecule has 3 rings (SSSR count). The largest absolute Gasteiger partial charge is 0.482 e. The van der Waals surface area contributed by atoms with Gasteiger partial charge in [-0.1, -0.05) is 29.8 Å². The van der Waals surface area contributed by atoms with Crippen molar-refractivity contribution in [3.05, 3.63) is 82.6 Å². The summed E-state index contributed by atoms with van der Waals surface area (Å²) in [7, 11) is 1.81. The number of carbonyl (C=O) groups excluding carboxylic acids is 1. The Bertz CT molecular complexity index is 958. The number of benzene rings is 2. The van der Waals surface area contributed by atoms with Crippen LogP contribution in [0.15, 0.2) is 54.9 Å². The predicted molar refractivity (Wildman–Crippen MR) is 101 cm³/mol. The standard InChI is InChI=1S/C20H19ClFN3O2/c1-13-6-7-16(21)17(10-13)27-12-18(26)24-19(20-23-8-9-25(20)2)14-4-3-5-15(22)11-14/h3-11,19H,12H2,1-2H3,(H,24,26)/t19-/m0/s1. The fraction of sp³-hybridized carbons (Fsp3) is 0.200. The third-order valence-corrected chi connectivity index (χ3v) is 4.36. The number of nitrogens with zero attached hydrogens (tertiary/aromatic N) is 2. The first-order valence-corrected chi connectivity index (χ1v) is 8.73. The number of aryl methyl sites for hydroxylation is 2. The smallest absolute Gasteiger partial charge is 0.258 e. The number of halogens is 2. The zero-order valence-electron chi connectivity index (χ0n) is 14.9. The van der Waals surface area contributed by atoms with Gasteiger partial charge in [0, 0.05) is 19.4 Å². The van der Waals surface area contributed by atoms with E-state index in [0.29, 0.717) is 22.2 Å². The van der Waals surface area contributed by atoms with Crippen LogP contribution in [0.1, 0.15) is 23.0 Å². The van der Waals surface area contributed by atoms with Crippen molar-refractivity contribution < 1.29 is 13.9 Å². The Morgan fingerprint density at radius 1 is 1.33 bits per heavy atom. The average Bonchev–Trinajstić information content (AvgIpc) is 3.06. The van der Waals surface area contributed by atoms with Crippen molar-refractivity contribution in [2.24, 2.45) is 7.05 Å². The van der Waals surface area contributed by atoms with Gasteiger partial charge in [-0.05, 0) is 42.3 Å². The molecule has 1 amide bonds. The number of ether oxygens (including phenoxy) is 1. The van der Waals surface area contributed by atoms with Crippen LogP contribution in [0.5, 0.6) is 5.75 Å². The molecule has 1 heterocycles. The highest BCUT2D eigenvalue weighted by molar-refractivity contribution is 6.32. The predicted octanol–water partition coefficient (Wildman–Crippen LogP) is 3.81. The van der Waals surface area contributed by atoms with Crippen molar-refractivity contribution in [3.8, 4) is 5.75 Å². The molecule has 5 nitrogen and oxygen atoms in total. The third-order valence-electron chi connectivity index (χ3n) is 4.05. The highest BCUT2D eigenvalue weighted by Crippen LogP contribution is 2.25. The van der Waals surface area contributed by atoms with Gasteiger partial charge in [0.2, 0.25) is 0 Å². The Hall–Kier alpha value is -2.86. The third kappa shape index (κ3) is 4.65. The fourth-order valence-electron chi connectivity index (χ4n) is 2.71. The van der Waals surface area contributed by atoms with E-state index < -0.39 is 6.04 Å². The van der Waals surface area contributed by atoms with Gasteiger partial charge in [0.15, 0.2) is 6.61 Å². The van der Waals surface area contributed by atoms with Gasteiger partial charge >= 0.3 is 0 Å². The number of carbonyl (C=O) groups is 1. The Kier molecular flexibility index (Phi) is 5.76. The second-order valence-electron chi connectivity index (χ2n) is 6.17. The molecule has 2 aromatic carbocycles. The number of rotatable bonds is 6. The fourth-order valence-corrected chi connectivity index (χ4v) is 2.88. The topological polar surface area (TPSA) is 56.1 Å². The molecule has 0 spiro atoms. The minimum absolute atomic E-state index is 0.223. The molecule has 1 N–H and O–H groups in total. The quantitative estimate of drug-likeness (QED) is 0.699. The van der Waals surface area contributed by atoms with E-state index in [1.165, 1.54) is 12.1 Å². The van der Waals surface area contributed by atoms with Crippen molar-refractivity contribution in [3.63, 3.8) is 0 Å². The highest BCUT2D eigenvalue weighted by atomic mass is 35.5. The lowest BCUT2D eigenvalue weighted by atomic mass is 10.1. The maximum absolute atomic E-state index is 13.7. The monoisotopic (exact) mass is 387 g/mol. The number of aromatic nitrogens is 2. The van der Waals surface area contributed by atoms with Gasteiger partial charge in [-0.2, -0.15) is 0 Å². The molecule has 0 aliphatic heterocycles. The molecule has 0 saturated carbocycles. The second kappa shape index (κ2) is 8.22. The van der Waals surface area contributed by atoms with Crippen molar-refractivity contribution in [2.45, 2.75) is 13.0 Å². The van der Waals surface area contributed by atoms with Gasteiger partial charge in [-0.3, -0.25) is 4.79 Å². The van der Waals surface area contributed by atoms with Crippen molar-refractivity contribution in [1.82, 2.24) is 14.9 Å². The summed E-state index contributed by atoms with van der Waals surface area (Å²) in [4.78, 5) is 16.8. The molecule has 3 aromatic rings. The van der Waals surface area contributed by atoms with E-state index in [1.807, 2.05) is 20.0 Å². The molecule has 140 valence electrons. The van der Waals surface area contributed by atoms with Gasteiger partial charge in [-0.15, -0.1) is 0 Å². The van der Waals surface area contributed by atoms with Crippen LogP contribution in [0.4, 0.5) is 4.39 Å². The number of amides is 1. The maximum atomic E-state index is 13.7. The lowest BCUT2D eigenvalue weighted by molar-refractivity contribution is -0.123. The summed E-state index contributed by atoms with van der Waals surface area (Å²) in [6.45, 7) is 1.68. The van der Waals surface area contributed by atoms with Crippen LogP contribution in [0.3, 0.4) is 0 Å². The molecule has 7 heteroatoms. The first-order chi connectivity index (χ1) is 12.9. The van der Waals surface area contributed by atoms with E-state index >= 15 is 0 Å². The molecular formula is C20H19ClFN3O2. The summed E-state index contributed by atoms with van der Waals surface area (Å²) in [6, 6.07) is 10.8. The van der Waals surface area contributed by atoms with Crippen LogP contribution in [-0.4, -0.2) is 22.1 Å². The zero-order valence-corrected chi connectivity index (χ0v) is 15.7. The Morgan fingerprint density at radius 2 is 2.15 bits per heavy atom. The molecule has 27 heavy (non-hydrogen) atoms.